The Labute approximate surface area is 298 Å². The molecule has 0 radical (unpaired) electrons. The van der Waals surface area contributed by atoms with E-state index >= 15 is 0 Å². The fourth-order valence-electron chi connectivity index (χ4n) is 6.35. The summed E-state index contributed by atoms with van der Waals surface area (Å²) in [6.07, 6.45) is 6.65. The van der Waals surface area contributed by atoms with Crippen LogP contribution >= 0.6 is 0 Å². The second-order valence-electron chi connectivity index (χ2n) is 13.8. The van der Waals surface area contributed by atoms with E-state index in [1.165, 1.54) is 23.3 Å². The summed E-state index contributed by atoms with van der Waals surface area (Å²) in [6, 6.07) is 37.2. The van der Waals surface area contributed by atoms with Gasteiger partial charge in [0.15, 0.2) is 0 Å². The van der Waals surface area contributed by atoms with Gasteiger partial charge in [0.05, 0.1) is 0 Å². The van der Waals surface area contributed by atoms with Crippen LogP contribution in [0.4, 0.5) is 0 Å². The van der Waals surface area contributed by atoms with Crippen LogP contribution in [0, 0.1) is 11.8 Å². The van der Waals surface area contributed by atoms with E-state index in [1.54, 1.807) is 0 Å². The minimum absolute atomic E-state index is 0.000206. The molecule has 4 aliphatic rings. The minimum atomic E-state index is -0.353. The maximum Gasteiger partial charge on any atom is 0.330 e. The Balaban J connectivity index is 1.43. The lowest BCUT2D eigenvalue weighted by molar-refractivity contribution is -0.141. The smallest absolute Gasteiger partial charge is 0.330 e. The summed E-state index contributed by atoms with van der Waals surface area (Å²) in [5, 5.41) is 0. The maximum atomic E-state index is 13.0. The molecule has 0 spiro atoms. The molecule has 0 N–H and O–H groups in total. The van der Waals surface area contributed by atoms with E-state index in [4.69, 9.17) is 9.47 Å². The zero-order chi connectivity index (χ0) is 35.3. The van der Waals surface area contributed by atoms with Crippen LogP contribution in [0.1, 0.15) is 61.1 Å². The van der Waals surface area contributed by atoms with Crippen LogP contribution in [-0.4, -0.2) is 47.0 Å². The van der Waals surface area contributed by atoms with E-state index in [1.807, 2.05) is 72.8 Å². The molecule has 4 bridgehead atoms. The summed E-state index contributed by atoms with van der Waals surface area (Å²) in [5.41, 5.74) is 6.50. The Hall–Kier alpha value is -4.78. The monoisotopic (exact) mass is 670 g/mol. The third kappa shape index (κ3) is 11.1. The molecule has 4 heterocycles. The molecule has 0 unspecified atom stereocenters. The van der Waals surface area contributed by atoms with Gasteiger partial charge in [-0.15, -0.1) is 0 Å². The molecule has 8 rings (SSSR count). The van der Waals surface area contributed by atoms with Gasteiger partial charge >= 0.3 is 11.9 Å². The lowest BCUT2D eigenvalue weighted by Crippen LogP contribution is -2.42. The van der Waals surface area contributed by atoms with Crippen LogP contribution in [0.3, 0.4) is 0 Å². The van der Waals surface area contributed by atoms with E-state index < -0.39 is 0 Å². The van der Waals surface area contributed by atoms with Gasteiger partial charge in [0.1, 0.15) is 13.2 Å². The summed E-state index contributed by atoms with van der Waals surface area (Å²) in [4.78, 5) is 30.7. The lowest BCUT2D eigenvalue weighted by Gasteiger charge is -2.34. The first-order valence-electron chi connectivity index (χ1n) is 17.7. The number of carbonyl (C=O) groups excluding carboxylic acids is 2. The summed E-state index contributed by atoms with van der Waals surface area (Å²) < 4.78 is 11.8. The first kappa shape index (κ1) is 36.5. The van der Waals surface area contributed by atoms with E-state index in [-0.39, 0.29) is 49.1 Å². The predicted octanol–water partition coefficient (Wildman–Crippen LogP) is 8.57. The van der Waals surface area contributed by atoms with Crippen LogP contribution in [0.15, 0.2) is 121 Å². The molecular formula is C44H50N2O4. The van der Waals surface area contributed by atoms with Gasteiger partial charge in [-0.3, -0.25) is 9.80 Å². The molecule has 0 amide bonds. The third-order valence-electron chi connectivity index (χ3n) is 9.28. The highest BCUT2D eigenvalue weighted by Crippen LogP contribution is 2.22. The quantitative estimate of drug-likeness (QED) is 0.192. The topological polar surface area (TPSA) is 59.1 Å². The van der Waals surface area contributed by atoms with Crippen molar-refractivity contribution in [2.24, 2.45) is 11.8 Å². The lowest BCUT2D eigenvalue weighted by atomic mass is 10.0. The highest BCUT2D eigenvalue weighted by atomic mass is 16.5. The second-order valence-corrected chi connectivity index (χ2v) is 13.8. The summed E-state index contributed by atoms with van der Waals surface area (Å²) in [5.74, 6) is -0.222. The SMILES string of the molecule is CC(C)[C@H]1COC(=O)/C=C/c2ccc(cc2)CN(Cc2ccccc2)[C@@H](C(C)C)COC(=O)/C=C/c2ccc(cc2)CN1Cc1ccccc1. The van der Waals surface area contributed by atoms with Crippen molar-refractivity contribution in [1.29, 1.82) is 0 Å². The van der Waals surface area contributed by atoms with Crippen LogP contribution < -0.4 is 0 Å². The fraction of sp³-hybridized carbons (Fsp3) is 0.318. The van der Waals surface area contributed by atoms with Crippen molar-refractivity contribution in [3.63, 3.8) is 0 Å². The first-order valence-corrected chi connectivity index (χ1v) is 17.7. The molecule has 4 aromatic rings. The van der Waals surface area contributed by atoms with Crippen molar-refractivity contribution < 1.29 is 19.1 Å². The number of ether oxygens (including phenoxy) is 2. The number of benzene rings is 4. The number of hydrogen-bond donors (Lipinski definition) is 0. The molecule has 6 nitrogen and oxygen atoms in total. The minimum Gasteiger partial charge on any atom is -0.461 e. The zero-order valence-corrected chi connectivity index (χ0v) is 29.8. The molecule has 0 aromatic heterocycles. The Morgan fingerprint density at radius 3 is 1.22 bits per heavy atom. The van der Waals surface area contributed by atoms with Crippen LogP contribution in [0.25, 0.3) is 12.2 Å². The van der Waals surface area contributed by atoms with E-state index in [9.17, 15) is 9.59 Å². The summed E-state index contributed by atoms with van der Waals surface area (Å²) >= 11 is 0. The van der Waals surface area contributed by atoms with Gasteiger partial charge in [-0.1, -0.05) is 137 Å². The largest absolute Gasteiger partial charge is 0.461 e. The molecule has 0 saturated carbocycles. The summed E-state index contributed by atoms with van der Waals surface area (Å²) in [7, 11) is 0. The Kier molecular flexibility index (Phi) is 13.3. The zero-order valence-electron chi connectivity index (χ0n) is 29.8. The van der Waals surface area contributed by atoms with Crippen LogP contribution in [0.2, 0.25) is 0 Å². The second kappa shape index (κ2) is 18.3. The van der Waals surface area contributed by atoms with Crippen LogP contribution in [0.5, 0.6) is 0 Å². The van der Waals surface area contributed by atoms with Gasteiger partial charge in [-0.25, -0.2) is 9.59 Å². The molecular weight excluding hydrogens is 620 g/mol. The molecule has 6 heteroatoms. The molecule has 2 atom stereocenters. The van der Waals surface area contributed by atoms with Gasteiger partial charge in [0, 0.05) is 50.4 Å². The molecule has 0 aliphatic carbocycles. The normalized spacial score (nSPS) is 20.0. The van der Waals surface area contributed by atoms with Crippen molar-refractivity contribution in [3.05, 3.63) is 155 Å². The van der Waals surface area contributed by atoms with Crippen molar-refractivity contribution in [2.45, 2.75) is 66.0 Å². The van der Waals surface area contributed by atoms with Gasteiger partial charge < -0.3 is 9.47 Å². The molecule has 260 valence electrons. The number of nitrogens with zero attached hydrogens (tertiary/aromatic N) is 2. The molecule has 0 saturated heterocycles. The van der Waals surface area contributed by atoms with Gasteiger partial charge in [0.25, 0.3) is 0 Å². The van der Waals surface area contributed by atoms with Crippen molar-refractivity contribution in [3.8, 4) is 0 Å². The number of rotatable bonds is 6. The molecule has 50 heavy (non-hydrogen) atoms. The molecule has 0 fully saturated rings. The van der Waals surface area contributed by atoms with E-state index in [0.29, 0.717) is 13.1 Å². The van der Waals surface area contributed by atoms with Gasteiger partial charge in [0.2, 0.25) is 0 Å². The Morgan fingerprint density at radius 1 is 0.520 bits per heavy atom. The van der Waals surface area contributed by atoms with Gasteiger partial charge in [-0.2, -0.15) is 0 Å². The average Bonchev–Trinajstić information content (AvgIpc) is 3.11. The Bertz CT molecular complexity index is 1570. The number of carbonyl (C=O) groups is 2. The fourth-order valence-corrected chi connectivity index (χ4v) is 6.35. The standard InChI is InChI=1S/C44H50N2O4/c1-33(2)41-31-49-43(47)25-23-36-17-21-40(22-18-36)30-46(28-38-13-9-6-10-14-38)42(34(3)4)32-50-44(48)26-24-35-15-19-39(20-16-35)29-45(41)27-37-11-7-5-8-12-37/h5-26,33-34,41-42H,27-32H2,1-4H3/b25-23+,26-24+/t41-,42-/m1/s1. The van der Waals surface area contributed by atoms with Gasteiger partial charge in [-0.05, 0) is 57.4 Å². The average molecular weight is 671 g/mol. The number of hydrogen-bond acceptors (Lipinski definition) is 6. The third-order valence-corrected chi connectivity index (χ3v) is 9.28. The van der Waals surface area contributed by atoms with Crippen molar-refractivity contribution in [1.82, 2.24) is 9.80 Å². The molecule has 4 aliphatic heterocycles. The maximum absolute atomic E-state index is 13.0. The van der Waals surface area contributed by atoms with E-state index in [0.717, 1.165) is 35.3 Å². The summed E-state index contributed by atoms with van der Waals surface area (Å²) in [6.45, 7) is 12.0. The highest BCUT2D eigenvalue weighted by Gasteiger charge is 2.25. The first-order chi connectivity index (χ1) is 24.2. The van der Waals surface area contributed by atoms with Crippen molar-refractivity contribution in [2.75, 3.05) is 13.2 Å². The highest BCUT2D eigenvalue weighted by molar-refractivity contribution is 5.87. The Morgan fingerprint density at radius 2 is 0.880 bits per heavy atom. The number of esters is 2. The van der Waals surface area contributed by atoms with E-state index in [2.05, 4.69) is 86.0 Å². The van der Waals surface area contributed by atoms with Crippen molar-refractivity contribution >= 4 is 24.1 Å². The van der Waals surface area contributed by atoms with Crippen LogP contribution in [-0.2, 0) is 45.2 Å². The predicted molar refractivity (Wildman–Crippen MR) is 201 cm³/mol. The molecule has 4 aromatic carbocycles.